The smallest absolute Gasteiger partial charge is 0.0267 e. The summed E-state index contributed by atoms with van der Waals surface area (Å²) in [6.45, 7) is 32.5. The summed E-state index contributed by atoms with van der Waals surface area (Å²) in [5.74, 6) is 0. The lowest BCUT2D eigenvalue weighted by Gasteiger charge is -2.00. The standard InChI is InChI=1S/C13H12.2C5H5N.2C5H6.2C3H8.6C2H6/c1-3-7-12(8-4-1)11-13-9-5-2-6-10-13;2*1-2-4-6-5-3-1;2*1-2-4-5-3-1;2*1-3-2;6*1-2/h1-10H,11H2;2*1-5H;2*1-4H,5H2;2*3H2,1-2H3;6*1-2H3. The van der Waals surface area contributed by atoms with Gasteiger partial charge in [-0.05, 0) is 54.7 Å². The molecule has 0 amide bonds. The molecule has 2 heteroatoms. The maximum atomic E-state index is 3.78. The molecular formula is C51H86N2. The van der Waals surface area contributed by atoms with Crippen molar-refractivity contribution >= 4 is 0 Å². The van der Waals surface area contributed by atoms with E-state index in [-0.39, 0.29) is 0 Å². The van der Waals surface area contributed by atoms with Crippen LogP contribution < -0.4 is 0 Å². The molecule has 0 unspecified atom stereocenters. The average molecular weight is 727 g/mol. The van der Waals surface area contributed by atoms with Crippen molar-refractivity contribution in [2.45, 2.75) is 143 Å². The summed E-state index contributed by atoms with van der Waals surface area (Å²) < 4.78 is 0. The van der Waals surface area contributed by atoms with Gasteiger partial charge >= 0.3 is 0 Å². The molecule has 0 N–H and O–H groups in total. The van der Waals surface area contributed by atoms with E-state index in [4.69, 9.17) is 0 Å². The van der Waals surface area contributed by atoms with Crippen LogP contribution in [0, 0.1) is 0 Å². The Morgan fingerprint density at radius 1 is 0.340 bits per heavy atom. The molecule has 0 radical (unpaired) electrons. The molecule has 0 spiro atoms. The zero-order valence-corrected chi connectivity index (χ0v) is 37.6. The minimum Gasteiger partial charge on any atom is -0.265 e. The molecule has 2 aliphatic rings. The Balaban J connectivity index is -0.0000000930. The SMILES string of the molecule is C1=CCC=C1.C1=CCC=C1.CC.CC.CC.CC.CC.CC.CCC.CCC.c1ccc(Cc2ccccc2)cc1.c1ccncc1.c1ccncc1. The van der Waals surface area contributed by atoms with E-state index in [1.54, 1.807) is 24.8 Å². The van der Waals surface area contributed by atoms with Crippen molar-refractivity contribution in [3.05, 3.63) is 182 Å². The largest absolute Gasteiger partial charge is 0.265 e. The van der Waals surface area contributed by atoms with Gasteiger partial charge in [0, 0.05) is 24.8 Å². The molecule has 2 aromatic heterocycles. The summed E-state index contributed by atoms with van der Waals surface area (Å²) in [5, 5.41) is 0. The Hall–Kier alpha value is -4.30. The first-order valence-corrected chi connectivity index (χ1v) is 20.7. The highest BCUT2D eigenvalue weighted by molar-refractivity contribution is 5.25. The fraction of sp³-hybridized carbons (Fsp3) is 0.412. The zero-order valence-electron chi connectivity index (χ0n) is 37.6. The van der Waals surface area contributed by atoms with Crippen molar-refractivity contribution in [2.75, 3.05) is 0 Å². The number of hydrogen-bond donors (Lipinski definition) is 0. The van der Waals surface area contributed by atoms with Crippen molar-refractivity contribution in [3.63, 3.8) is 0 Å². The third-order valence-electron chi connectivity index (χ3n) is 4.54. The molecule has 2 nitrogen and oxygen atoms in total. The Labute approximate surface area is 333 Å². The van der Waals surface area contributed by atoms with Gasteiger partial charge in [0.05, 0.1) is 0 Å². The minimum atomic E-state index is 1.03. The van der Waals surface area contributed by atoms with Crippen LogP contribution in [-0.4, -0.2) is 9.97 Å². The first-order chi connectivity index (χ1) is 26.3. The number of aromatic nitrogens is 2. The topological polar surface area (TPSA) is 25.8 Å². The van der Waals surface area contributed by atoms with Gasteiger partial charge in [0.1, 0.15) is 0 Å². The summed E-state index contributed by atoms with van der Waals surface area (Å²) in [4.78, 5) is 7.57. The Kier molecular flexibility index (Phi) is 92.9. The fourth-order valence-electron chi connectivity index (χ4n) is 2.84. The molecule has 0 bridgehead atoms. The molecule has 0 aliphatic heterocycles. The molecule has 4 aromatic rings. The first-order valence-electron chi connectivity index (χ1n) is 20.7. The van der Waals surface area contributed by atoms with Gasteiger partial charge in [0.2, 0.25) is 0 Å². The average Bonchev–Trinajstić information content (AvgIpc) is 4.07. The van der Waals surface area contributed by atoms with Crippen LogP contribution in [0.4, 0.5) is 0 Å². The van der Waals surface area contributed by atoms with Gasteiger partial charge in [-0.15, -0.1) is 0 Å². The van der Waals surface area contributed by atoms with Crippen LogP contribution in [0.1, 0.15) is 148 Å². The summed E-state index contributed by atoms with van der Waals surface area (Å²) in [6.07, 6.45) is 29.5. The Bertz CT molecular complexity index is 952. The van der Waals surface area contributed by atoms with E-state index >= 15 is 0 Å². The highest BCUT2D eigenvalue weighted by Crippen LogP contribution is 2.07. The van der Waals surface area contributed by atoms with E-state index in [1.165, 1.54) is 24.0 Å². The third-order valence-corrected chi connectivity index (χ3v) is 4.54. The number of hydrogen-bond acceptors (Lipinski definition) is 2. The van der Waals surface area contributed by atoms with Gasteiger partial charge in [0.15, 0.2) is 0 Å². The Morgan fingerprint density at radius 3 is 0.679 bits per heavy atom. The zero-order chi connectivity index (χ0) is 41.9. The van der Waals surface area contributed by atoms with Gasteiger partial charge in [-0.25, -0.2) is 0 Å². The lowest BCUT2D eigenvalue weighted by molar-refractivity contribution is 1.09. The van der Waals surface area contributed by atoms with E-state index in [0.29, 0.717) is 0 Å². The van der Waals surface area contributed by atoms with Crippen molar-refractivity contribution in [3.8, 4) is 0 Å². The lowest BCUT2D eigenvalue weighted by atomic mass is 10.1. The predicted molar refractivity (Wildman–Crippen MR) is 250 cm³/mol. The second-order valence-electron chi connectivity index (χ2n) is 8.80. The van der Waals surface area contributed by atoms with E-state index in [9.17, 15) is 0 Å². The molecular weight excluding hydrogens is 641 g/mol. The van der Waals surface area contributed by atoms with Crippen LogP contribution in [-0.2, 0) is 6.42 Å². The summed E-state index contributed by atoms with van der Waals surface area (Å²) in [7, 11) is 0. The normalized spacial score (nSPS) is 8.91. The monoisotopic (exact) mass is 727 g/mol. The van der Waals surface area contributed by atoms with Crippen LogP contribution in [0.2, 0.25) is 0 Å². The first kappa shape index (κ1) is 63.7. The molecule has 0 saturated heterocycles. The second-order valence-corrected chi connectivity index (χ2v) is 8.80. The van der Waals surface area contributed by atoms with Crippen LogP contribution in [0.5, 0.6) is 0 Å². The maximum Gasteiger partial charge on any atom is 0.0267 e. The van der Waals surface area contributed by atoms with E-state index in [0.717, 1.165) is 19.3 Å². The van der Waals surface area contributed by atoms with E-state index in [1.807, 2.05) is 119 Å². The number of nitrogens with zero attached hydrogens (tertiary/aromatic N) is 2. The van der Waals surface area contributed by atoms with Crippen LogP contribution in [0.15, 0.2) is 170 Å². The maximum absolute atomic E-state index is 3.78. The highest BCUT2D eigenvalue weighted by atomic mass is 14.6. The molecule has 0 atom stereocenters. The molecule has 2 aliphatic carbocycles. The molecule has 2 heterocycles. The fourth-order valence-corrected chi connectivity index (χ4v) is 2.84. The van der Waals surface area contributed by atoms with Gasteiger partial charge in [-0.1, -0.05) is 245 Å². The van der Waals surface area contributed by atoms with Gasteiger partial charge in [-0.3, -0.25) is 9.97 Å². The molecule has 6 rings (SSSR count). The van der Waals surface area contributed by atoms with Crippen molar-refractivity contribution in [2.24, 2.45) is 0 Å². The number of allylic oxidation sites excluding steroid dienone is 8. The number of rotatable bonds is 2. The van der Waals surface area contributed by atoms with Gasteiger partial charge < -0.3 is 0 Å². The molecule has 300 valence electrons. The van der Waals surface area contributed by atoms with Crippen molar-refractivity contribution in [1.29, 1.82) is 0 Å². The second kappa shape index (κ2) is 77.2. The minimum absolute atomic E-state index is 1.03. The molecule has 0 saturated carbocycles. The Morgan fingerprint density at radius 2 is 0.547 bits per heavy atom. The predicted octanol–water partition coefficient (Wildman–Crippen LogP) is 17.4. The summed E-state index contributed by atoms with van der Waals surface area (Å²) in [6, 6.07) is 32.5. The van der Waals surface area contributed by atoms with Crippen molar-refractivity contribution in [1.82, 2.24) is 9.97 Å². The van der Waals surface area contributed by atoms with Gasteiger partial charge in [-0.2, -0.15) is 0 Å². The molecule has 0 fully saturated rings. The van der Waals surface area contributed by atoms with Gasteiger partial charge in [0.25, 0.3) is 0 Å². The quantitative estimate of drug-likeness (QED) is 0.206. The summed E-state index contributed by atoms with van der Waals surface area (Å²) >= 11 is 0. The highest BCUT2D eigenvalue weighted by Gasteiger charge is 1.92. The van der Waals surface area contributed by atoms with E-state index < -0.39 is 0 Å². The van der Waals surface area contributed by atoms with Crippen LogP contribution in [0.3, 0.4) is 0 Å². The lowest BCUT2D eigenvalue weighted by Crippen LogP contribution is -1.85. The van der Waals surface area contributed by atoms with E-state index in [2.05, 4.69) is 147 Å². The molecule has 2 aromatic carbocycles. The van der Waals surface area contributed by atoms with Crippen molar-refractivity contribution < 1.29 is 0 Å². The molecule has 53 heavy (non-hydrogen) atoms. The third kappa shape index (κ3) is 70.1. The van der Waals surface area contributed by atoms with Crippen LogP contribution in [0.25, 0.3) is 0 Å². The number of pyridine rings is 2. The number of benzene rings is 2. The van der Waals surface area contributed by atoms with Crippen LogP contribution >= 0.6 is 0 Å². The summed E-state index contributed by atoms with van der Waals surface area (Å²) in [5.41, 5.74) is 2.74.